The Balaban J connectivity index is 2.51. The minimum absolute atomic E-state index is 0.548. The fraction of sp³-hybridized carbons (Fsp3) is 0.538. The van der Waals surface area contributed by atoms with E-state index in [0.717, 1.165) is 5.75 Å². The molecule has 0 fully saturated rings. The maximum Gasteiger partial charge on any atom is 0.119 e. The van der Waals surface area contributed by atoms with Crippen molar-refractivity contribution in [2.75, 3.05) is 6.61 Å². The molecule has 0 aromatic heterocycles. The molecule has 1 aromatic rings. The second-order valence-corrected chi connectivity index (χ2v) is 4.73. The average Bonchev–Trinajstić information content (AvgIpc) is 1.99. The molecule has 0 saturated carbocycles. The molecule has 0 atom stereocenters. The lowest BCUT2D eigenvalue weighted by atomic mass is 10.1. The Morgan fingerprint density at radius 3 is 2.13 bits per heavy atom. The van der Waals surface area contributed by atoms with Crippen LogP contribution in [-0.2, 0) is 0 Å². The minimum atomic E-state index is -0.654. The van der Waals surface area contributed by atoms with Crippen molar-refractivity contribution in [1.29, 1.82) is 0 Å². The lowest BCUT2D eigenvalue weighted by Gasteiger charge is -2.17. The quantitative estimate of drug-likeness (QED) is 0.824. The van der Waals surface area contributed by atoms with Gasteiger partial charge in [0.25, 0.3) is 0 Å². The zero-order valence-electron chi connectivity index (χ0n) is 10.0. The van der Waals surface area contributed by atoms with E-state index >= 15 is 0 Å². The Hall–Kier alpha value is -1.02. The molecule has 15 heavy (non-hydrogen) atoms. The molecule has 0 bridgehead atoms. The normalized spacial score (nSPS) is 11.5. The molecule has 0 radical (unpaired) electrons. The van der Waals surface area contributed by atoms with Crippen LogP contribution in [0, 0.1) is 13.8 Å². The molecule has 0 unspecified atom stereocenters. The first kappa shape index (κ1) is 12.1. The third-order valence-electron chi connectivity index (χ3n) is 2.18. The molecule has 0 spiro atoms. The van der Waals surface area contributed by atoms with Crippen molar-refractivity contribution < 1.29 is 9.84 Å². The first-order valence-electron chi connectivity index (χ1n) is 5.30. The van der Waals surface area contributed by atoms with E-state index in [1.807, 2.05) is 12.1 Å². The van der Waals surface area contributed by atoms with Crippen molar-refractivity contribution >= 4 is 0 Å². The van der Waals surface area contributed by atoms with Gasteiger partial charge in [-0.1, -0.05) is 6.07 Å². The fourth-order valence-electron chi connectivity index (χ4n) is 1.43. The third-order valence-corrected chi connectivity index (χ3v) is 2.18. The van der Waals surface area contributed by atoms with Gasteiger partial charge in [-0.3, -0.25) is 0 Å². The van der Waals surface area contributed by atoms with Crippen LogP contribution in [0.1, 0.15) is 31.4 Å². The number of rotatable bonds is 4. The van der Waals surface area contributed by atoms with Gasteiger partial charge in [0, 0.05) is 6.42 Å². The standard InChI is InChI=1S/C13H20O2/c1-10-7-11(2)9-12(8-10)15-6-5-13(3,4)14/h7-9,14H,5-6H2,1-4H3. The molecule has 2 nitrogen and oxygen atoms in total. The van der Waals surface area contributed by atoms with Gasteiger partial charge >= 0.3 is 0 Å². The summed E-state index contributed by atoms with van der Waals surface area (Å²) in [6.45, 7) is 8.23. The highest BCUT2D eigenvalue weighted by Gasteiger charge is 2.12. The molecule has 1 N–H and O–H groups in total. The van der Waals surface area contributed by atoms with Crippen molar-refractivity contribution in [3.63, 3.8) is 0 Å². The number of hydrogen-bond donors (Lipinski definition) is 1. The van der Waals surface area contributed by atoms with Crippen LogP contribution in [0.4, 0.5) is 0 Å². The number of aliphatic hydroxyl groups is 1. The van der Waals surface area contributed by atoms with E-state index < -0.39 is 5.60 Å². The molecule has 84 valence electrons. The van der Waals surface area contributed by atoms with Gasteiger partial charge in [-0.15, -0.1) is 0 Å². The Kier molecular flexibility index (Phi) is 3.75. The predicted molar refractivity (Wildman–Crippen MR) is 62.3 cm³/mol. The summed E-state index contributed by atoms with van der Waals surface area (Å²) in [4.78, 5) is 0. The van der Waals surface area contributed by atoms with Crippen LogP contribution in [0.2, 0.25) is 0 Å². The van der Waals surface area contributed by atoms with E-state index in [0.29, 0.717) is 13.0 Å². The monoisotopic (exact) mass is 208 g/mol. The first-order valence-corrected chi connectivity index (χ1v) is 5.30. The highest BCUT2D eigenvalue weighted by atomic mass is 16.5. The molecule has 0 saturated heterocycles. The minimum Gasteiger partial charge on any atom is -0.493 e. The van der Waals surface area contributed by atoms with Crippen molar-refractivity contribution in [1.82, 2.24) is 0 Å². The Bertz CT molecular complexity index is 304. The summed E-state index contributed by atoms with van der Waals surface area (Å²) in [6.07, 6.45) is 0.639. The summed E-state index contributed by atoms with van der Waals surface area (Å²) < 4.78 is 5.58. The van der Waals surface area contributed by atoms with Crippen molar-refractivity contribution in [3.05, 3.63) is 29.3 Å². The Labute approximate surface area is 91.9 Å². The van der Waals surface area contributed by atoms with Crippen LogP contribution in [-0.4, -0.2) is 17.3 Å². The smallest absolute Gasteiger partial charge is 0.119 e. The lowest BCUT2D eigenvalue weighted by molar-refractivity contribution is 0.0553. The van der Waals surface area contributed by atoms with Gasteiger partial charge in [0.15, 0.2) is 0 Å². The van der Waals surface area contributed by atoms with Crippen LogP contribution in [0.25, 0.3) is 0 Å². The van der Waals surface area contributed by atoms with Crippen molar-refractivity contribution in [2.45, 2.75) is 39.7 Å². The van der Waals surface area contributed by atoms with Gasteiger partial charge < -0.3 is 9.84 Å². The summed E-state index contributed by atoms with van der Waals surface area (Å²) in [5, 5.41) is 9.52. The zero-order chi connectivity index (χ0) is 11.5. The van der Waals surface area contributed by atoms with Crippen LogP contribution < -0.4 is 4.74 Å². The first-order chi connectivity index (χ1) is 6.87. The maximum absolute atomic E-state index is 9.52. The molecular weight excluding hydrogens is 188 g/mol. The van der Waals surface area contributed by atoms with E-state index in [2.05, 4.69) is 19.9 Å². The SMILES string of the molecule is Cc1cc(C)cc(OCCC(C)(C)O)c1. The largest absolute Gasteiger partial charge is 0.493 e. The van der Waals surface area contributed by atoms with Gasteiger partial charge in [0.1, 0.15) is 5.75 Å². The van der Waals surface area contributed by atoms with Crippen LogP contribution in [0.5, 0.6) is 5.75 Å². The van der Waals surface area contributed by atoms with Gasteiger partial charge in [-0.25, -0.2) is 0 Å². The van der Waals surface area contributed by atoms with Crippen LogP contribution in [0.3, 0.4) is 0 Å². The number of hydrogen-bond acceptors (Lipinski definition) is 2. The lowest BCUT2D eigenvalue weighted by Crippen LogP contribution is -2.21. The van der Waals surface area contributed by atoms with E-state index in [1.54, 1.807) is 13.8 Å². The zero-order valence-corrected chi connectivity index (χ0v) is 10.0. The summed E-state index contributed by atoms with van der Waals surface area (Å²) in [5.41, 5.74) is 1.75. The van der Waals surface area contributed by atoms with Crippen LogP contribution >= 0.6 is 0 Å². The van der Waals surface area contributed by atoms with E-state index in [-0.39, 0.29) is 0 Å². The second-order valence-electron chi connectivity index (χ2n) is 4.73. The molecule has 0 aliphatic rings. The summed E-state index contributed by atoms with van der Waals surface area (Å²) >= 11 is 0. The van der Waals surface area contributed by atoms with Crippen molar-refractivity contribution in [3.8, 4) is 5.75 Å². The Morgan fingerprint density at radius 1 is 1.13 bits per heavy atom. The molecule has 2 heteroatoms. The molecular formula is C13H20O2. The van der Waals surface area contributed by atoms with Gasteiger partial charge in [-0.05, 0) is 51.0 Å². The summed E-state index contributed by atoms with van der Waals surface area (Å²) in [7, 11) is 0. The second kappa shape index (κ2) is 4.67. The molecule has 0 aliphatic carbocycles. The van der Waals surface area contributed by atoms with Crippen molar-refractivity contribution in [2.24, 2.45) is 0 Å². The highest BCUT2D eigenvalue weighted by Crippen LogP contribution is 2.17. The number of ether oxygens (including phenoxy) is 1. The predicted octanol–water partition coefficient (Wildman–Crippen LogP) is 2.84. The molecule has 0 amide bonds. The average molecular weight is 208 g/mol. The molecule has 0 aliphatic heterocycles. The van der Waals surface area contributed by atoms with E-state index in [1.165, 1.54) is 11.1 Å². The van der Waals surface area contributed by atoms with Gasteiger partial charge in [-0.2, -0.15) is 0 Å². The van der Waals surface area contributed by atoms with Crippen LogP contribution in [0.15, 0.2) is 18.2 Å². The highest BCUT2D eigenvalue weighted by molar-refractivity contribution is 5.32. The number of benzene rings is 1. The Morgan fingerprint density at radius 2 is 1.67 bits per heavy atom. The van der Waals surface area contributed by atoms with E-state index in [9.17, 15) is 5.11 Å². The molecule has 1 rings (SSSR count). The van der Waals surface area contributed by atoms with Gasteiger partial charge in [0.2, 0.25) is 0 Å². The maximum atomic E-state index is 9.52. The third kappa shape index (κ3) is 4.84. The topological polar surface area (TPSA) is 29.5 Å². The summed E-state index contributed by atoms with van der Waals surface area (Å²) in [5.74, 6) is 0.886. The van der Waals surface area contributed by atoms with E-state index in [4.69, 9.17) is 4.74 Å². The molecule has 1 aromatic carbocycles. The summed E-state index contributed by atoms with van der Waals surface area (Å²) in [6, 6.07) is 6.14. The van der Waals surface area contributed by atoms with Gasteiger partial charge in [0.05, 0.1) is 12.2 Å². The molecule has 0 heterocycles. The number of aryl methyl sites for hydroxylation is 2. The fourth-order valence-corrected chi connectivity index (χ4v) is 1.43.